The van der Waals surface area contributed by atoms with E-state index in [1.165, 1.54) is 12.1 Å². The number of fused-ring (bicyclic) bond motifs is 1. The van der Waals surface area contributed by atoms with Crippen LogP contribution >= 0.6 is 23.8 Å². The number of hydrogen-bond acceptors (Lipinski definition) is 4. The smallest absolute Gasteiger partial charge is 0.246 e. The van der Waals surface area contributed by atoms with Crippen molar-refractivity contribution in [2.45, 2.75) is 39.7 Å². The van der Waals surface area contributed by atoms with E-state index in [2.05, 4.69) is 50.4 Å². The van der Waals surface area contributed by atoms with Gasteiger partial charge in [0.25, 0.3) is 0 Å². The molecule has 3 aromatic carbocycles. The molecule has 0 unspecified atom stereocenters. The Morgan fingerprint density at radius 1 is 1.10 bits per heavy atom. The molecule has 1 atom stereocenters. The Hall–Kier alpha value is -3.55. The van der Waals surface area contributed by atoms with E-state index in [0.717, 1.165) is 40.6 Å². The van der Waals surface area contributed by atoms with Gasteiger partial charge < -0.3 is 9.80 Å². The van der Waals surface area contributed by atoms with Crippen molar-refractivity contribution in [1.29, 1.82) is 0 Å². The Labute approximate surface area is 244 Å². The van der Waals surface area contributed by atoms with Crippen LogP contribution in [0.2, 0.25) is 5.02 Å². The second-order valence-electron chi connectivity index (χ2n) is 10.0. The van der Waals surface area contributed by atoms with Crippen molar-refractivity contribution in [3.05, 3.63) is 94.0 Å². The third-order valence-corrected chi connectivity index (χ3v) is 8.29. The van der Waals surface area contributed by atoms with Crippen LogP contribution in [0.25, 0.3) is 27.7 Å². The van der Waals surface area contributed by atoms with Crippen LogP contribution in [0.4, 0.5) is 10.2 Å². The van der Waals surface area contributed by atoms with E-state index in [1.54, 1.807) is 23.1 Å². The predicted molar refractivity (Wildman–Crippen MR) is 165 cm³/mol. The highest BCUT2D eigenvalue weighted by atomic mass is 35.5. The number of piperazine rings is 1. The lowest BCUT2D eigenvalue weighted by molar-refractivity contribution is -0.126. The minimum absolute atomic E-state index is 0.0160. The molecule has 2 heterocycles. The zero-order valence-corrected chi connectivity index (χ0v) is 24.5. The monoisotopic (exact) mass is 574 g/mol. The van der Waals surface area contributed by atoms with Crippen molar-refractivity contribution in [1.82, 2.24) is 14.5 Å². The minimum Gasteiger partial charge on any atom is -0.350 e. The number of carbonyl (C=O) groups is 1. The molecule has 0 aliphatic carbocycles. The highest BCUT2D eigenvalue weighted by Gasteiger charge is 2.29. The van der Waals surface area contributed by atoms with Gasteiger partial charge in [0.15, 0.2) is 0 Å². The number of rotatable bonds is 6. The fourth-order valence-corrected chi connectivity index (χ4v) is 6.20. The standard InChI is InChI=1S/C32H32ClFN4OS/c1-5-21-11-10-12-22(6-2)30(21)38-28-18-24(23-13-8-9-14-27(23)34)26(33)17-25(28)31(35-32(38)40)37-16-15-36(19-20(37)4)29(39)7-3/h7-14,17-18,20H,3,5-6,15-16,19H2,1-2,4H3/t20-/m0/s1. The molecule has 1 amide bonds. The minimum atomic E-state index is -0.344. The van der Waals surface area contributed by atoms with E-state index >= 15 is 4.39 Å². The zero-order valence-electron chi connectivity index (χ0n) is 23.0. The first-order valence-corrected chi connectivity index (χ1v) is 14.4. The van der Waals surface area contributed by atoms with E-state index in [1.807, 2.05) is 16.7 Å². The maximum absolute atomic E-state index is 15.0. The first-order valence-electron chi connectivity index (χ1n) is 13.6. The summed E-state index contributed by atoms with van der Waals surface area (Å²) in [4.78, 5) is 21.3. The largest absolute Gasteiger partial charge is 0.350 e. The second kappa shape index (κ2) is 11.5. The van der Waals surface area contributed by atoms with Gasteiger partial charge in [-0.2, -0.15) is 0 Å². The lowest BCUT2D eigenvalue weighted by Gasteiger charge is -2.40. The van der Waals surface area contributed by atoms with Gasteiger partial charge in [0.1, 0.15) is 11.6 Å². The predicted octanol–water partition coefficient (Wildman–Crippen LogP) is 7.56. The summed E-state index contributed by atoms with van der Waals surface area (Å²) in [7, 11) is 0. The number of para-hydroxylation sites is 1. The SMILES string of the molecule is C=CC(=O)N1CCN(c2nc(=S)n(-c3c(CC)cccc3CC)c3cc(-c4ccccc4F)c(Cl)cc23)[C@@H](C)C1. The molecule has 1 aliphatic rings. The lowest BCUT2D eigenvalue weighted by atomic mass is 10.00. The van der Waals surface area contributed by atoms with E-state index in [9.17, 15) is 4.79 Å². The van der Waals surface area contributed by atoms with Crippen molar-refractivity contribution >= 4 is 46.4 Å². The second-order valence-corrected chi connectivity index (χ2v) is 10.8. The molecule has 0 N–H and O–H groups in total. The van der Waals surface area contributed by atoms with Crippen LogP contribution < -0.4 is 4.90 Å². The normalized spacial score (nSPS) is 15.5. The fraction of sp³-hybridized carbons (Fsp3) is 0.281. The molecule has 40 heavy (non-hydrogen) atoms. The Kier molecular flexibility index (Phi) is 8.06. The van der Waals surface area contributed by atoms with Crippen LogP contribution in [-0.4, -0.2) is 46.0 Å². The number of halogens is 2. The van der Waals surface area contributed by atoms with Gasteiger partial charge in [0.2, 0.25) is 10.7 Å². The van der Waals surface area contributed by atoms with E-state index < -0.39 is 0 Å². The summed E-state index contributed by atoms with van der Waals surface area (Å²) in [5.41, 5.74) is 5.14. The number of benzene rings is 3. The number of aryl methyl sites for hydroxylation is 2. The maximum Gasteiger partial charge on any atom is 0.246 e. The molecule has 1 saturated heterocycles. The molecule has 0 bridgehead atoms. The van der Waals surface area contributed by atoms with Crippen molar-refractivity contribution in [3.8, 4) is 16.8 Å². The first-order chi connectivity index (χ1) is 19.3. The van der Waals surface area contributed by atoms with Gasteiger partial charge >= 0.3 is 0 Å². The molecule has 1 aromatic heterocycles. The molecule has 1 fully saturated rings. The molecule has 5 nitrogen and oxygen atoms in total. The van der Waals surface area contributed by atoms with Crippen molar-refractivity contribution in [3.63, 3.8) is 0 Å². The third kappa shape index (κ3) is 4.93. The Morgan fingerprint density at radius 2 is 1.80 bits per heavy atom. The Balaban J connectivity index is 1.81. The van der Waals surface area contributed by atoms with Gasteiger partial charge in [-0.1, -0.05) is 68.4 Å². The fourth-order valence-electron chi connectivity index (χ4n) is 5.65. The average Bonchev–Trinajstić information content (AvgIpc) is 2.96. The van der Waals surface area contributed by atoms with Gasteiger partial charge in [-0.05, 0) is 67.4 Å². The summed E-state index contributed by atoms with van der Waals surface area (Å²) in [5.74, 6) is 0.284. The van der Waals surface area contributed by atoms with E-state index in [4.69, 9.17) is 28.8 Å². The van der Waals surface area contributed by atoms with Crippen LogP contribution in [0, 0.1) is 10.6 Å². The topological polar surface area (TPSA) is 41.4 Å². The van der Waals surface area contributed by atoms with Crippen LogP contribution in [-0.2, 0) is 17.6 Å². The first kappa shape index (κ1) is 28.0. The van der Waals surface area contributed by atoms with Gasteiger partial charge in [-0.25, -0.2) is 9.37 Å². The van der Waals surface area contributed by atoms with Crippen molar-refractivity contribution < 1.29 is 9.18 Å². The summed E-state index contributed by atoms with van der Waals surface area (Å²) in [5, 5.41) is 1.25. The van der Waals surface area contributed by atoms with Gasteiger partial charge in [0.05, 0.1) is 11.2 Å². The summed E-state index contributed by atoms with van der Waals surface area (Å²) in [6.45, 7) is 11.6. The number of carbonyl (C=O) groups excluding carboxylic acids is 1. The maximum atomic E-state index is 15.0. The zero-order chi connectivity index (χ0) is 28.6. The molecule has 4 aromatic rings. The summed E-state index contributed by atoms with van der Waals surface area (Å²) >= 11 is 12.9. The number of nitrogens with zero attached hydrogens (tertiary/aromatic N) is 4. The van der Waals surface area contributed by atoms with Crippen molar-refractivity contribution in [2.24, 2.45) is 0 Å². The van der Waals surface area contributed by atoms with Crippen LogP contribution in [0.5, 0.6) is 0 Å². The highest BCUT2D eigenvalue weighted by Crippen LogP contribution is 2.39. The molecule has 0 radical (unpaired) electrons. The highest BCUT2D eigenvalue weighted by molar-refractivity contribution is 7.71. The summed E-state index contributed by atoms with van der Waals surface area (Å²) in [6.07, 6.45) is 2.99. The Bertz CT molecular complexity index is 1660. The average molecular weight is 575 g/mol. The summed E-state index contributed by atoms with van der Waals surface area (Å²) in [6, 6.07) is 16.7. The molecule has 1 aliphatic heterocycles. The molecule has 206 valence electrons. The van der Waals surface area contributed by atoms with Crippen LogP contribution in [0.1, 0.15) is 31.9 Å². The number of amides is 1. The Morgan fingerprint density at radius 3 is 2.42 bits per heavy atom. The van der Waals surface area contributed by atoms with Crippen LogP contribution in [0.15, 0.2) is 67.3 Å². The van der Waals surface area contributed by atoms with E-state index in [0.29, 0.717) is 46.4 Å². The van der Waals surface area contributed by atoms with Crippen molar-refractivity contribution in [2.75, 3.05) is 24.5 Å². The molecule has 8 heteroatoms. The molecular weight excluding hydrogens is 543 g/mol. The van der Waals surface area contributed by atoms with E-state index in [-0.39, 0.29) is 17.8 Å². The number of anilines is 1. The quantitative estimate of drug-likeness (QED) is 0.176. The number of hydrogen-bond donors (Lipinski definition) is 0. The molecule has 0 spiro atoms. The van der Waals surface area contributed by atoms with Gasteiger partial charge in [0, 0.05) is 47.2 Å². The molecule has 5 rings (SSSR count). The summed E-state index contributed by atoms with van der Waals surface area (Å²) < 4.78 is 17.4. The number of aromatic nitrogens is 2. The third-order valence-electron chi connectivity index (χ3n) is 7.70. The van der Waals surface area contributed by atoms with Crippen LogP contribution in [0.3, 0.4) is 0 Å². The van der Waals surface area contributed by atoms with Gasteiger partial charge in [-0.15, -0.1) is 0 Å². The molecular formula is C32H32ClFN4OS. The van der Waals surface area contributed by atoms with Gasteiger partial charge in [-0.3, -0.25) is 9.36 Å². The molecule has 0 saturated carbocycles. The lowest BCUT2D eigenvalue weighted by Crippen LogP contribution is -2.53.